The van der Waals surface area contributed by atoms with E-state index in [2.05, 4.69) is 4.99 Å². The Morgan fingerprint density at radius 3 is 2.71 bits per heavy atom. The van der Waals surface area contributed by atoms with Crippen LogP contribution in [0.4, 0.5) is 0 Å². The highest BCUT2D eigenvalue weighted by atomic mass is 32.2. The maximum atomic E-state index is 12.3. The number of aliphatic imine (C=N–C) groups is 1. The fraction of sp³-hybridized carbons (Fsp3) is 0.700. The number of sulfonamides is 1. The van der Waals surface area contributed by atoms with Crippen molar-refractivity contribution in [2.75, 3.05) is 5.88 Å². The molecule has 2 rings (SSSR count). The quantitative estimate of drug-likeness (QED) is 0.809. The molecule has 1 fully saturated rings. The Hall–Kier alpha value is -0.370. The SMILES string of the molecule is CC1(C)SCN(S(=O)(=O)C2C=NC=CC2)[C@@H]1O. The summed E-state index contributed by atoms with van der Waals surface area (Å²) < 4.78 is 25.3. The van der Waals surface area contributed by atoms with Crippen molar-refractivity contribution in [2.45, 2.75) is 36.5 Å². The molecule has 2 aliphatic heterocycles. The predicted molar refractivity (Wildman–Crippen MR) is 69.3 cm³/mol. The Bertz CT molecular complexity index is 456. The van der Waals surface area contributed by atoms with Crippen LogP contribution < -0.4 is 0 Å². The number of rotatable bonds is 2. The normalized spacial score (nSPS) is 33.1. The van der Waals surface area contributed by atoms with Crippen molar-refractivity contribution in [3.63, 3.8) is 0 Å². The molecule has 0 saturated carbocycles. The van der Waals surface area contributed by atoms with Gasteiger partial charge in [0, 0.05) is 12.4 Å². The van der Waals surface area contributed by atoms with Gasteiger partial charge in [-0.15, -0.1) is 11.8 Å². The first-order chi connectivity index (χ1) is 7.86. The molecule has 0 aromatic carbocycles. The minimum atomic E-state index is -3.52. The molecular formula is C10H16N2O3S2. The molecule has 17 heavy (non-hydrogen) atoms. The molecule has 1 unspecified atom stereocenters. The maximum absolute atomic E-state index is 12.3. The van der Waals surface area contributed by atoms with Crippen LogP contribution in [-0.4, -0.2) is 46.1 Å². The van der Waals surface area contributed by atoms with Crippen LogP contribution in [0.2, 0.25) is 0 Å². The highest BCUT2D eigenvalue weighted by Gasteiger charge is 2.47. The van der Waals surface area contributed by atoms with Crippen LogP contribution in [0.5, 0.6) is 0 Å². The highest BCUT2D eigenvalue weighted by Crippen LogP contribution is 2.40. The lowest BCUT2D eigenvalue weighted by molar-refractivity contribution is 0.0598. The third-order valence-corrected chi connectivity index (χ3v) is 6.57. The smallest absolute Gasteiger partial charge is 0.225 e. The van der Waals surface area contributed by atoms with Gasteiger partial charge in [0.25, 0.3) is 0 Å². The molecule has 0 radical (unpaired) electrons. The lowest BCUT2D eigenvalue weighted by Gasteiger charge is -2.28. The molecule has 1 saturated heterocycles. The van der Waals surface area contributed by atoms with Gasteiger partial charge in [-0.25, -0.2) is 8.42 Å². The maximum Gasteiger partial charge on any atom is 0.225 e. The minimum absolute atomic E-state index is 0.296. The van der Waals surface area contributed by atoms with Gasteiger partial charge in [0.15, 0.2) is 0 Å². The zero-order chi connectivity index (χ0) is 12.7. The van der Waals surface area contributed by atoms with Gasteiger partial charge in [0.2, 0.25) is 10.0 Å². The van der Waals surface area contributed by atoms with E-state index in [1.165, 1.54) is 22.3 Å². The summed E-state index contributed by atoms with van der Waals surface area (Å²) in [5, 5.41) is 9.39. The lowest BCUT2D eigenvalue weighted by atomic mass is 10.2. The van der Waals surface area contributed by atoms with Crippen LogP contribution in [0, 0.1) is 0 Å². The predicted octanol–water partition coefficient (Wildman–Crippen LogP) is 0.776. The second-order valence-corrected chi connectivity index (χ2v) is 8.34. The van der Waals surface area contributed by atoms with Crippen LogP contribution in [0.15, 0.2) is 17.3 Å². The van der Waals surface area contributed by atoms with Gasteiger partial charge in [-0.1, -0.05) is 6.08 Å². The summed E-state index contributed by atoms with van der Waals surface area (Å²) in [5.41, 5.74) is 0. The second-order valence-electron chi connectivity index (χ2n) is 4.64. The van der Waals surface area contributed by atoms with Crippen molar-refractivity contribution in [1.82, 2.24) is 4.31 Å². The molecule has 0 amide bonds. The van der Waals surface area contributed by atoms with Crippen LogP contribution >= 0.6 is 11.8 Å². The first kappa shape index (κ1) is 13.1. The Morgan fingerprint density at radius 1 is 1.53 bits per heavy atom. The van der Waals surface area contributed by atoms with Crippen molar-refractivity contribution in [1.29, 1.82) is 0 Å². The molecule has 2 atom stereocenters. The molecule has 0 spiro atoms. The van der Waals surface area contributed by atoms with Gasteiger partial charge in [-0.3, -0.25) is 4.99 Å². The number of aliphatic hydroxyl groups is 1. The van der Waals surface area contributed by atoms with E-state index in [9.17, 15) is 13.5 Å². The molecule has 2 heterocycles. The van der Waals surface area contributed by atoms with E-state index in [1.807, 2.05) is 13.8 Å². The topological polar surface area (TPSA) is 70.0 Å². The third kappa shape index (κ3) is 2.29. The molecule has 0 aromatic heterocycles. The summed E-state index contributed by atoms with van der Waals surface area (Å²) in [4.78, 5) is 3.86. The van der Waals surface area contributed by atoms with E-state index in [1.54, 1.807) is 12.3 Å². The zero-order valence-electron chi connectivity index (χ0n) is 9.78. The average Bonchev–Trinajstić information content (AvgIpc) is 2.56. The van der Waals surface area contributed by atoms with E-state index < -0.39 is 26.2 Å². The molecule has 0 aliphatic carbocycles. The molecule has 1 N–H and O–H groups in total. The number of hydrogen-bond donors (Lipinski definition) is 1. The largest absolute Gasteiger partial charge is 0.376 e. The molecule has 96 valence electrons. The van der Waals surface area contributed by atoms with Gasteiger partial charge in [0.1, 0.15) is 11.5 Å². The van der Waals surface area contributed by atoms with Gasteiger partial charge in [0.05, 0.1) is 10.6 Å². The summed E-state index contributed by atoms with van der Waals surface area (Å²) in [7, 11) is -3.52. The second kappa shape index (κ2) is 4.38. The van der Waals surface area contributed by atoms with E-state index in [4.69, 9.17) is 0 Å². The van der Waals surface area contributed by atoms with Crippen molar-refractivity contribution in [3.8, 4) is 0 Å². The van der Waals surface area contributed by atoms with E-state index >= 15 is 0 Å². The summed E-state index contributed by atoms with van der Waals surface area (Å²) in [6.45, 7) is 3.68. The fourth-order valence-corrected chi connectivity index (χ4v) is 4.93. The van der Waals surface area contributed by atoms with Gasteiger partial charge < -0.3 is 5.11 Å². The monoisotopic (exact) mass is 276 g/mol. The Kier molecular flexibility index (Phi) is 3.37. The van der Waals surface area contributed by atoms with Gasteiger partial charge in [-0.05, 0) is 20.3 Å². The van der Waals surface area contributed by atoms with Gasteiger partial charge in [-0.2, -0.15) is 4.31 Å². The summed E-state index contributed by atoms with van der Waals surface area (Å²) in [6.07, 6.45) is 4.18. The lowest BCUT2D eigenvalue weighted by Crippen LogP contribution is -2.47. The standard InChI is InChI=1S/C10H16N2O3S2/c1-10(2)9(13)12(7-16-10)17(14,15)8-4-3-5-11-6-8/h3,5-6,8-9,13H,4,7H2,1-2H3/t8?,9-/m1/s1. The number of hydrogen-bond acceptors (Lipinski definition) is 5. The number of thioether (sulfide) groups is 1. The summed E-state index contributed by atoms with van der Waals surface area (Å²) in [6, 6.07) is 0. The number of aliphatic hydroxyl groups excluding tert-OH is 1. The molecule has 2 aliphatic rings. The van der Waals surface area contributed by atoms with E-state index in [0.717, 1.165) is 0 Å². The number of nitrogens with zero attached hydrogens (tertiary/aromatic N) is 2. The summed E-state index contributed by atoms with van der Waals surface area (Å²) in [5.74, 6) is 0.296. The molecule has 7 heteroatoms. The Morgan fingerprint density at radius 2 is 2.24 bits per heavy atom. The first-order valence-corrected chi connectivity index (χ1v) is 7.85. The van der Waals surface area contributed by atoms with E-state index in [-0.39, 0.29) is 0 Å². The van der Waals surface area contributed by atoms with Gasteiger partial charge >= 0.3 is 0 Å². The first-order valence-electron chi connectivity index (χ1n) is 5.37. The molecule has 5 nitrogen and oxygen atoms in total. The van der Waals surface area contributed by atoms with Crippen molar-refractivity contribution in [2.24, 2.45) is 4.99 Å². The summed E-state index contributed by atoms with van der Waals surface area (Å²) >= 11 is 1.44. The Balaban J connectivity index is 2.23. The van der Waals surface area contributed by atoms with Crippen molar-refractivity contribution < 1.29 is 13.5 Å². The molecule has 0 aromatic rings. The number of allylic oxidation sites excluding steroid dienone is 1. The zero-order valence-corrected chi connectivity index (χ0v) is 11.4. The van der Waals surface area contributed by atoms with Crippen LogP contribution in [0.1, 0.15) is 20.3 Å². The molecular weight excluding hydrogens is 260 g/mol. The third-order valence-electron chi connectivity index (χ3n) is 2.98. The van der Waals surface area contributed by atoms with E-state index in [0.29, 0.717) is 12.3 Å². The van der Waals surface area contributed by atoms with Crippen LogP contribution in [0.25, 0.3) is 0 Å². The Labute approximate surface area is 106 Å². The fourth-order valence-electron chi connectivity index (χ4n) is 1.77. The highest BCUT2D eigenvalue weighted by molar-refractivity contribution is 8.02. The van der Waals surface area contributed by atoms with Crippen LogP contribution in [0.3, 0.4) is 0 Å². The minimum Gasteiger partial charge on any atom is -0.376 e. The molecule has 0 bridgehead atoms. The van der Waals surface area contributed by atoms with Crippen molar-refractivity contribution >= 4 is 28.0 Å². The average molecular weight is 276 g/mol. The van der Waals surface area contributed by atoms with Crippen LogP contribution in [-0.2, 0) is 10.0 Å². The van der Waals surface area contributed by atoms with Crippen molar-refractivity contribution in [3.05, 3.63) is 12.3 Å².